The number of sulfone groups is 1. The highest BCUT2D eigenvalue weighted by atomic mass is 32.2. The lowest BCUT2D eigenvalue weighted by Gasteiger charge is -2.25. The second-order valence-corrected chi connectivity index (χ2v) is 9.41. The van der Waals surface area contributed by atoms with Gasteiger partial charge in [0.1, 0.15) is 0 Å². The average Bonchev–Trinajstić information content (AvgIpc) is 3.12. The lowest BCUT2D eigenvalue weighted by atomic mass is 10.1. The number of nitrogens with zero attached hydrogens (tertiary/aromatic N) is 3. The first-order valence-electron chi connectivity index (χ1n) is 9.60. The Balaban J connectivity index is 1.67. The first-order valence-corrected chi connectivity index (χ1v) is 11.5. The molecule has 1 aliphatic rings. The Morgan fingerprint density at radius 3 is 2.57 bits per heavy atom. The SMILES string of the molecule is CS(=O)(=O)c1ccc(Cn2ncc3c(NC4CCOCC4)c(C(N)=O)cnc32)cc1. The molecule has 0 radical (unpaired) electrons. The maximum absolute atomic E-state index is 12.0. The van der Waals surface area contributed by atoms with E-state index in [1.54, 1.807) is 35.1 Å². The van der Waals surface area contributed by atoms with Gasteiger partial charge in [0, 0.05) is 31.7 Å². The number of amides is 1. The van der Waals surface area contributed by atoms with Gasteiger partial charge in [0.05, 0.1) is 34.3 Å². The van der Waals surface area contributed by atoms with E-state index in [2.05, 4.69) is 15.4 Å². The summed E-state index contributed by atoms with van der Waals surface area (Å²) in [4.78, 5) is 16.6. The van der Waals surface area contributed by atoms with Crippen molar-refractivity contribution in [1.29, 1.82) is 0 Å². The Bertz CT molecular complexity index is 1180. The van der Waals surface area contributed by atoms with Crippen molar-refractivity contribution in [2.24, 2.45) is 5.73 Å². The molecule has 4 rings (SSSR count). The maximum atomic E-state index is 12.0. The van der Waals surface area contributed by atoms with Gasteiger partial charge in [-0.3, -0.25) is 4.79 Å². The number of anilines is 1. The summed E-state index contributed by atoms with van der Waals surface area (Å²) >= 11 is 0. The Hall–Kier alpha value is -2.98. The number of aromatic nitrogens is 3. The fourth-order valence-corrected chi connectivity index (χ4v) is 4.18. The van der Waals surface area contributed by atoms with E-state index in [9.17, 15) is 13.2 Å². The summed E-state index contributed by atoms with van der Waals surface area (Å²) in [6.07, 6.45) is 5.99. The minimum absolute atomic E-state index is 0.175. The molecular formula is C20H23N5O4S. The number of nitrogens with two attached hydrogens (primary N) is 1. The monoisotopic (exact) mass is 429 g/mol. The summed E-state index contributed by atoms with van der Waals surface area (Å²) in [5, 5.41) is 8.58. The van der Waals surface area contributed by atoms with Crippen molar-refractivity contribution in [2.45, 2.75) is 30.3 Å². The molecule has 3 heterocycles. The molecular weight excluding hydrogens is 406 g/mol. The van der Waals surface area contributed by atoms with E-state index in [0.717, 1.165) is 18.4 Å². The minimum Gasteiger partial charge on any atom is -0.381 e. The summed E-state index contributed by atoms with van der Waals surface area (Å²) in [6.45, 7) is 1.74. The predicted octanol–water partition coefficient (Wildman–Crippen LogP) is 1.57. The highest BCUT2D eigenvalue weighted by molar-refractivity contribution is 7.90. The molecule has 0 aliphatic carbocycles. The van der Waals surface area contributed by atoms with Gasteiger partial charge in [-0.2, -0.15) is 5.10 Å². The number of benzene rings is 1. The van der Waals surface area contributed by atoms with Crippen LogP contribution in [0.1, 0.15) is 28.8 Å². The summed E-state index contributed by atoms with van der Waals surface area (Å²) in [5.41, 5.74) is 8.03. The maximum Gasteiger partial charge on any atom is 0.252 e. The van der Waals surface area contributed by atoms with Crippen LogP contribution in [-0.2, 0) is 21.1 Å². The van der Waals surface area contributed by atoms with E-state index in [0.29, 0.717) is 42.0 Å². The second-order valence-electron chi connectivity index (χ2n) is 7.40. The topological polar surface area (TPSA) is 129 Å². The molecule has 1 saturated heterocycles. The van der Waals surface area contributed by atoms with Gasteiger partial charge in [-0.15, -0.1) is 0 Å². The predicted molar refractivity (Wildman–Crippen MR) is 112 cm³/mol. The Morgan fingerprint density at radius 2 is 1.93 bits per heavy atom. The first kappa shape index (κ1) is 20.3. The second kappa shape index (κ2) is 8.04. The molecule has 1 aromatic carbocycles. The van der Waals surface area contributed by atoms with E-state index in [4.69, 9.17) is 10.5 Å². The van der Waals surface area contributed by atoms with Gasteiger partial charge >= 0.3 is 0 Å². The third-order valence-electron chi connectivity index (χ3n) is 5.19. The number of fused-ring (bicyclic) bond motifs is 1. The molecule has 0 saturated carbocycles. The van der Waals surface area contributed by atoms with Crippen LogP contribution in [0.2, 0.25) is 0 Å². The molecule has 2 aromatic heterocycles. The van der Waals surface area contributed by atoms with Gasteiger partial charge in [-0.05, 0) is 30.5 Å². The third kappa shape index (κ3) is 4.14. The number of hydrogen-bond donors (Lipinski definition) is 2. The molecule has 3 aromatic rings. The summed E-state index contributed by atoms with van der Waals surface area (Å²) in [5.74, 6) is -0.553. The van der Waals surface area contributed by atoms with Crippen LogP contribution in [0.15, 0.2) is 41.6 Å². The number of carbonyl (C=O) groups is 1. The molecule has 1 fully saturated rings. The normalized spacial score (nSPS) is 15.4. The van der Waals surface area contributed by atoms with Crippen LogP contribution in [-0.4, -0.2) is 54.6 Å². The van der Waals surface area contributed by atoms with Crippen LogP contribution in [0.3, 0.4) is 0 Å². The van der Waals surface area contributed by atoms with E-state index >= 15 is 0 Å². The highest BCUT2D eigenvalue weighted by Gasteiger charge is 2.21. The molecule has 30 heavy (non-hydrogen) atoms. The van der Waals surface area contributed by atoms with Crippen LogP contribution in [0.25, 0.3) is 11.0 Å². The largest absolute Gasteiger partial charge is 0.381 e. The van der Waals surface area contributed by atoms with E-state index in [-0.39, 0.29) is 10.9 Å². The van der Waals surface area contributed by atoms with Crippen LogP contribution in [0.4, 0.5) is 5.69 Å². The van der Waals surface area contributed by atoms with Gasteiger partial charge in [0.25, 0.3) is 5.91 Å². The number of hydrogen-bond acceptors (Lipinski definition) is 7. The molecule has 1 amide bonds. The quantitative estimate of drug-likeness (QED) is 0.608. The first-order chi connectivity index (χ1) is 14.3. The Morgan fingerprint density at radius 1 is 1.23 bits per heavy atom. The number of rotatable bonds is 6. The molecule has 10 heteroatoms. The van der Waals surface area contributed by atoms with Gasteiger partial charge < -0.3 is 15.8 Å². The van der Waals surface area contributed by atoms with Crippen molar-refractivity contribution in [3.63, 3.8) is 0 Å². The van der Waals surface area contributed by atoms with Crippen molar-refractivity contribution >= 4 is 32.5 Å². The van der Waals surface area contributed by atoms with Crippen molar-refractivity contribution in [1.82, 2.24) is 14.8 Å². The van der Waals surface area contributed by atoms with E-state index in [1.165, 1.54) is 12.5 Å². The number of nitrogens with one attached hydrogen (secondary N) is 1. The standard InChI is InChI=1S/C20H23N5O4S/c1-30(27,28)15-4-2-13(3-5-15)12-25-20-17(11-23-25)18(16(10-22-20)19(21)26)24-14-6-8-29-9-7-14/h2-5,10-11,14H,6-9,12H2,1H3,(H2,21,26)(H,22,24). The minimum atomic E-state index is -3.24. The third-order valence-corrected chi connectivity index (χ3v) is 6.31. The van der Waals surface area contributed by atoms with E-state index in [1.807, 2.05) is 0 Å². The number of primary amides is 1. The van der Waals surface area contributed by atoms with Crippen molar-refractivity contribution in [3.8, 4) is 0 Å². The zero-order chi connectivity index (χ0) is 21.3. The smallest absolute Gasteiger partial charge is 0.252 e. The van der Waals surface area contributed by atoms with Crippen molar-refractivity contribution in [3.05, 3.63) is 47.8 Å². The number of carbonyl (C=O) groups excluding carboxylic acids is 1. The van der Waals surface area contributed by atoms with Gasteiger partial charge in [-0.1, -0.05) is 12.1 Å². The van der Waals surface area contributed by atoms with Crippen LogP contribution < -0.4 is 11.1 Å². The molecule has 1 aliphatic heterocycles. The fraction of sp³-hybridized carbons (Fsp3) is 0.350. The number of ether oxygens (including phenoxy) is 1. The molecule has 0 spiro atoms. The van der Waals surface area contributed by atoms with Crippen LogP contribution >= 0.6 is 0 Å². The fourth-order valence-electron chi connectivity index (χ4n) is 3.55. The zero-order valence-electron chi connectivity index (χ0n) is 16.5. The van der Waals surface area contributed by atoms with Gasteiger partial charge in [0.2, 0.25) is 0 Å². The Labute approximate surface area is 174 Å². The van der Waals surface area contributed by atoms with Crippen molar-refractivity contribution in [2.75, 3.05) is 24.8 Å². The summed E-state index contributed by atoms with van der Waals surface area (Å²) in [7, 11) is -3.24. The van der Waals surface area contributed by atoms with Crippen molar-refractivity contribution < 1.29 is 17.9 Å². The summed E-state index contributed by atoms with van der Waals surface area (Å²) < 4.78 is 30.4. The van der Waals surface area contributed by atoms with Crippen LogP contribution in [0.5, 0.6) is 0 Å². The van der Waals surface area contributed by atoms with Gasteiger partial charge in [-0.25, -0.2) is 18.1 Å². The highest BCUT2D eigenvalue weighted by Crippen LogP contribution is 2.28. The number of pyridine rings is 1. The molecule has 9 nitrogen and oxygen atoms in total. The molecule has 0 bridgehead atoms. The molecule has 158 valence electrons. The average molecular weight is 430 g/mol. The molecule has 0 atom stereocenters. The molecule has 0 unspecified atom stereocenters. The lowest BCUT2D eigenvalue weighted by Crippen LogP contribution is -2.29. The lowest BCUT2D eigenvalue weighted by molar-refractivity contribution is 0.0904. The Kier molecular flexibility index (Phi) is 5.44. The molecule has 3 N–H and O–H groups in total. The van der Waals surface area contributed by atoms with E-state index < -0.39 is 15.7 Å². The van der Waals surface area contributed by atoms with Gasteiger partial charge in [0.15, 0.2) is 15.5 Å². The van der Waals surface area contributed by atoms with Crippen LogP contribution in [0, 0.1) is 0 Å². The summed E-state index contributed by atoms with van der Waals surface area (Å²) in [6, 6.07) is 6.83. The zero-order valence-corrected chi connectivity index (χ0v) is 17.4.